The van der Waals surface area contributed by atoms with Crippen molar-refractivity contribution in [3.63, 3.8) is 0 Å². The van der Waals surface area contributed by atoms with Gasteiger partial charge in [0.15, 0.2) is 0 Å². The topological polar surface area (TPSA) is 26.3 Å². The molecule has 0 amide bonds. The second-order valence-corrected chi connectivity index (χ2v) is 11.1. The summed E-state index contributed by atoms with van der Waals surface area (Å²) in [6.07, 6.45) is 31.8. The molecule has 204 valence electrons. The molecule has 0 N–H and O–H groups in total. The first-order valence-electron chi connectivity index (χ1n) is 15.8. The zero-order valence-corrected chi connectivity index (χ0v) is 24.1. The highest BCUT2D eigenvalue weighted by atomic mass is 16.5. The monoisotopic (exact) mass is 480 g/mol. The van der Waals surface area contributed by atoms with Gasteiger partial charge in [-0.2, -0.15) is 0 Å². The molecule has 2 nitrogen and oxygen atoms in total. The molecule has 0 saturated carbocycles. The lowest BCUT2D eigenvalue weighted by Gasteiger charge is -2.19. The summed E-state index contributed by atoms with van der Waals surface area (Å²) in [6, 6.07) is 0. The van der Waals surface area contributed by atoms with Crippen molar-refractivity contribution < 1.29 is 9.53 Å². The standard InChI is InChI=1S/C32H64O2/c1-5-8-11-14-15-16-17-18-19-20-22-25-28-31(27-24-21-12-9-6-2)29-34-32(33)30(4)26-23-13-10-7-3/h30-31H,5-29H2,1-4H3. The smallest absolute Gasteiger partial charge is 0.308 e. The predicted molar refractivity (Wildman–Crippen MR) is 151 cm³/mol. The molecule has 0 aromatic heterocycles. The summed E-state index contributed by atoms with van der Waals surface area (Å²) < 4.78 is 5.82. The van der Waals surface area contributed by atoms with E-state index in [0.717, 1.165) is 12.8 Å². The lowest BCUT2D eigenvalue weighted by molar-refractivity contribution is -0.149. The van der Waals surface area contributed by atoms with Gasteiger partial charge in [-0.1, -0.05) is 163 Å². The van der Waals surface area contributed by atoms with Crippen molar-refractivity contribution in [3.8, 4) is 0 Å². The van der Waals surface area contributed by atoms with Crippen LogP contribution in [0.5, 0.6) is 0 Å². The number of carbonyl (C=O) groups excluding carboxylic acids is 1. The van der Waals surface area contributed by atoms with Gasteiger partial charge in [0, 0.05) is 0 Å². The number of esters is 1. The van der Waals surface area contributed by atoms with Crippen molar-refractivity contribution in [1.82, 2.24) is 0 Å². The van der Waals surface area contributed by atoms with Gasteiger partial charge in [-0.05, 0) is 25.2 Å². The average Bonchev–Trinajstić information content (AvgIpc) is 2.84. The van der Waals surface area contributed by atoms with E-state index in [0.29, 0.717) is 12.5 Å². The fourth-order valence-electron chi connectivity index (χ4n) is 4.96. The van der Waals surface area contributed by atoms with Crippen molar-refractivity contribution in [2.24, 2.45) is 11.8 Å². The van der Waals surface area contributed by atoms with E-state index in [2.05, 4.69) is 27.7 Å². The van der Waals surface area contributed by atoms with Crippen LogP contribution in [0.1, 0.15) is 182 Å². The molecule has 34 heavy (non-hydrogen) atoms. The highest BCUT2D eigenvalue weighted by Gasteiger charge is 2.17. The van der Waals surface area contributed by atoms with Crippen LogP contribution in [0.25, 0.3) is 0 Å². The number of hydrogen-bond donors (Lipinski definition) is 0. The van der Waals surface area contributed by atoms with E-state index in [1.54, 1.807) is 0 Å². The molecule has 0 aliphatic rings. The minimum absolute atomic E-state index is 0.0437. The van der Waals surface area contributed by atoms with Gasteiger partial charge in [-0.15, -0.1) is 0 Å². The number of ether oxygens (including phenoxy) is 1. The summed E-state index contributed by atoms with van der Waals surface area (Å²) in [5, 5.41) is 0. The van der Waals surface area contributed by atoms with Gasteiger partial charge in [-0.25, -0.2) is 0 Å². The molecule has 0 spiro atoms. The molecule has 0 rings (SSSR count). The Kier molecular flexibility index (Phi) is 26.6. The molecule has 2 unspecified atom stereocenters. The van der Waals surface area contributed by atoms with E-state index in [9.17, 15) is 4.79 Å². The van der Waals surface area contributed by atoms with Gasteiger partial charge in [-0.3, -0.25) is 4.79 Å². The van der Waals surface area contributed by atoms with E-state index in [4.69, 9.17) is 4.74 Å². The van der Waals surface area contributed by atoms with Crippen LogP contribution in [-0.4, -0.2) is 12.6 Å². The third-order valence-corrected chi connectivity index (χ3v) is 7.54. The maximum Gasteiger partial charge on any atom is 0.308 e. The summed E-state index contributed by atoms with van der Waals surface area (Å²) in [4.78, 5) is 12.5. The third kappa shape index (κ3) is 23.2. The molecule has 0 bridgehead atoms. The molecule has 0 aliphatic heterocycles. The third-order valence-electron chi connectivity index (χ3n) is 7.54. The normalized spacial score (nSPS) is 13.2. The Morgan fingerprint density at radius 3 is 1.24 bits per heavy atom. The first kappa shape index (κ1) is 33.5. The van der Waals surface area contributed by atoms with Crippen LogP contribution in [0.2, 0.25) is 0 Å². The largest absolute Gasteiger partial charge is 0.465 e. The van der Waals surface area contributed by atoms with Crippen molar-refractivity contribution >= 4 is 5.97 Å². The number of unbranched alkanes of at least 4 members (excludes halogenated alkanes) is 18. The Balaban J connectivity index is 4.00. The molecule has 0 saturated heterocycles. The highest BCUT2D eigenvalue weighted by molar-refractivity contribution is 5.71. The maximum absolute atomic E-state index is 12.5. The first-order valence-corrected chi connectivity index (χ1v) is 15.8. The Bertz CT molecular complexity index is 406. The van der Waals surface area contributed by atoms with E-state index >= 15 is 0 Å². The van der Waals surface area contributed by atoms with Crippen molar-refractivity contribution in [3.05, 3.63) is 0 Å². The zero-order valence-electron chi connectivity index (χ0n) is 24.1. The van der Waals surface area contributed by atoms with Crippen molar-refractivity contribution in [1.29, 1.82) is 0 Å². The number of hydrogen-bond acceptors (Lipinski definition) is 2. The molecule has 0 fully saturated rings. The van der Waals surface area contributed by atoms with Gasteiger partial charge < -0.3 is 4.74 Å². The first-order chi connectivity index (χ1) is 16.7. The molecular weight excluding hydrogens is 416 g/mol. The van der Waals surface area contributed by atoms with Gasteiger partial charge in [0.25, 0.3) is 0 Å². The molecule has 0 heterocycles. The highest BCUT2D eigenvalue weighted by Crippen LogP contribution is 2.21. The van der Waals surface area contributed by atoms with Crippen LogP contribution in [0.3, 0.4) is 0 Å². The molecule has 2 atom stereocenters. The van der Waals surface area contributed by atoms with Crippen LogP contribution < -0.4 is 0 Å². The molecule has 0 radical (unpaired) electrons. The van der Waals surface area contributed by atoms with Gasteiger partial charge >= 0.3 is 5.97 Å². The Hall–Kier alpha value is -0.530. The molecular formula is C32H64O2. The second kappa shape index (κ2) is 27.1. The van der Waals surface area contributed by atoms with Gasteiger partial charge in [0.2, 0.25) is 0 Å². The predicted octanol–water partition coefficient (Wildman–Crippen LogP) is 11.2. The number of carbonyl (C=O) groups is 1. The zero-order chi connectivity index (χ0) is 25.1. The Morgan fingerprint density at radius 2 is 0.824 bits per heavy atom. The lowest BCUT2D eigenvalue weighted by atomic mass is 9.94. The van der Waals surface area contributed by atoms with E-state index in [-0.39, 0.29) is 11.9 Å². The van der Waals surface area contributed by atoms with Crippen LogP contribution in [0, 0.1) is 11.8 Å². The minimum Gasteiger partial charge on any atom is -0.465 e. The van der Waals surface area contributed by atoms with Gasteiger partial charge in [0.05, 0.1) is 12.5 Å². The average molecular weight is 481 g/mol. The fraction of sp³-hybridized carbons (Fsp3) is 0.969. The summed E-state index contributed by atoms with van der Waals surface area (Å²) in [6.45, 7) is 9.51. The summed E-state index contributed by atoms with van der Waals surface area (Å²) in [5.41, 5.74) is 0. The number of rotatable bonds is 27. The summed E-state index contributed by atoms with van der Waals surface area (Å²) >= 11 is 0. The van der Waals surface area contributed by atoms with Crippen LogP contribution in [0.4, 0.5) is 0 Å². The van der Waals surface area contributed by atoms with E-state index in [1.165, 1.54) is 141 Å². The molecule has 0 aromatic rings. The van der Waals surface area contributed by atoms with E-state index < -0.39 is 0 Å². The minimum atomic E-state index is 0.0437. The lowest BCUT2D eigenvalue weighted by Crippen LogP contribution is -2.20. The molecule has 0 aliphatic carbocycles. The Labute approximate surface area is 215 Å². The molecule has 2 heteroatoms. The van der Waals surface area contributed by atoms with Crippen LogP contribution in [0.15, 0.2) is 0 Å². The second-order valence-electron chi connectivity index (χ2n) is 11.1. The fourth-order valence-corrected chi connectivity index (χ4v) is 4.96. The van der Waals surface area contributed by atoms with Crippen molar-refractivity contribution in [2.45, 2.75) is 182 Å². The SMILES string of the molecule is CCCCCCCCCCCCCCC(CCCCCCC)COC(=O)C(C)CCCCCC. The van der Waals surface area contributed by atoms with E-state index in [1.807, 2.05) is 0 Å². The van der Waals surface area contributed by atoms with Crippen LogP contribution >= 0.6 is 0 Å². The summed E-state index contributed by atoms with van der Waals surface area (Å²) in [7, 11) is 0. The van der Waals surface area contributed by atoms with Crippen LogP contribution in [-0.2, 0) is 9.53 Å². The van der Waals surface area contributed by atoms with Gasteiger partial charge in [0.1, 0.15) is 0 Å². The molecule has 0 aromatic carbocycles. The maximum atomic E-state index is 12.5. The summed E-state index contributed by atoms with van der Waals surface area (Å²) in [5.74, 6) is 0.678. The quantitative estimate of drug-likeness (QED) is 0.0862. The Morgan fingerprint density at radius 1 is 0.500 bits per heavy atom. The van der Waals surface area contributed by atoms with Crippen molar-refractivity contribution in [2.75, 3.05) is 6.61 Å².